The molecule has 0 bridgehead atoms. The van der Waals surface area contributed by atoms with E-state index in [-0.39, 0.29) is 0 Å². The highest BCUT2D eigenvalue weighted by Gasteiger charge is 2.14. The fourth-order valence-electron chi connectivity index (χ4n) is 1.48. The van der Waals surface area contributed by atoms with Crippen molar-refractivity contribution < 1.29 is 4.52 Å². The minimum atomic E-state index is 0.554. The lowest BCUT2D eigenvalue weighted by atomic mass is 10.2. The maximum atomic E-state index is 4.86. The average molecular weight is 182 g/mol. The lowest BCUT2D eigenvalue weighted by Crippen LogP contribution is -2.30. The van der Waals surface area contributed by atoms with Crippen LogP contribution in [0.3, 0.4) is 0 Å². The predicted molar refractivity (Wildman–Crippen MR) is 47.1 cm³/mol. The zero-order chi connectivity index (χ0) is 9.10. The van der Waals surface area contributed by atoms with Crippen LogP contribution in [0.4, 0.5) is 0 Å². The molecule has 0 amide bonds. The van der Waals surface area contributed by atoms with E-state index in [4.69, 9.17) is 4.52 Å². The molecule has 5 nitrogen and oxygen atoms in total. The van der Waals surface area contributed by atoms with Gasteiger partial charge in [-0.1, -0.05) is 5.16 Å². The van der Waals surface area contributed by atoms with E-state index in [1.165, 1.54) is 6.42 Å². The van der Waals surface area contributed by atoms with E-state index < -0.39 is 0 Å². The highest BCUT2D eigenvalue weighted by atomic mass is 16.5. The van der Waals surface area contributed by atoms with Crippen LogP contribution in [0.5, 0.6) is 0 Å². The quantitative estimate of drug-likeness (QED) is 0.679. The summed E-state index contributed by atoms with van der Waals surface area (Å²) in [6, 6.07) is 0.554. The van der Waals surface area contributed by atoms with Gasteiger partial charge >= 0.3 is 0 Å². The predicted octanol–water partition coefficient (Wildman–Crippen LogP) is -0.170. The van der Waals surface area contributed by atoms with Crippen LogP contribution < -0.4 is 10.6 Å². The van der Waals surface area contributed by atoms with Crippen LogP contribution in [0.25, 0.3) is 0 Å². The summed E-state index contributed by atoms with van der Waals surface area (Å²) in [5, 5.41) is 10.5. The summed E-state index contributed by atoms with van der Waals surface area (Å²) in [6.45, 7) is 4.64. The van der Waals surface area contributed by atoms with Crippen molar-refractivity contribution in [2.45, 2.75) is 25.9 Å². The van der Waals surface area contributed by atoms with E-state index in [0.29, 0.717) is 18.5 Å². The first-order valence-corrected chi connectivity index (χ1v) is 4.58. The number of hydrogen-bond acceptors (Lipinski definition) is 5. The van der Waals surface area contributed by atoms with Crippen molar-refractivity contribution in [3.05, 3.63) is 11.7 Å². The Bertz CT molecular complexity index is 267. The molecule has 1 aromatic heterocycles. The van der Waals surface area contributed by atoms with Crippen LogP contribution in [-0.2, 0) is 6.54 Å². The van der Waals surface area contributed by atoms with Gasteiger partial charge in [0.25, 0.3) is 0 Å². The average Bonchev–Trinajstić information content (AvgIpc) is 2.71. The van der Waals surface area contributed by atoms with Crippen LogP contribution in [-0.4, -0.2) is 29.3 Å². The summed E-state index contributed by atoms with van der Waals surface area (Å²) in [7, 11) is 0. The highest BCUT2D eigenvalue weighted by molar-refractivity contribution is 4.86. The largest absolute Gasteiger partial charge is 0.340 e. The van der Waals surface area contributed by atoms with Crippen molar-refractivity contribution in [1.29, 1.82) is 0 Å². The fraction of sp³-hybridized carbons (Fsp3) is 0.750. The lowest BCUT2D eigenvalue weighted by Gasteiger charge is -2.07. The second-order valence-corrected chi connectivity index (χ2v) is 3.30. The molecule has 1 atom stereocenters. The molecule has 0 saturated carbocycles. The van der Waals surface area contributed by atoms with Gasteiger partial charge in [-0.3, -0.25) is 0 Å². The molecule has 0 radical (unpaired) electrons. The van der Waals surface area contributed by atoms with Crippen LogP contribution in [0.2, 0.25) is 0 Å². The van der Waals surface area contributed by atoms with Gasteiger partial charge in [-0.05, 0) is 13.0 Å². The molecule has 1 aromatic rings. The maximum Gasteiger partial charge on any atom is 0.223 e. The normalized spacial score (nSPS) is 22.4. The van der Waals surface area contributed by atoms with Gasteiger partial charge in [0.15, 0.2) is 5.82 Å². The standard InChI is InChI=1S/C8H14N4O/c1-6-11-8(12-13-6)5-10-7-2-3-9-4-7/h7,9-10H,2-5H2,1H3. The molecular weight excluding hydrogens is 168 g/mol. The van der Waals surface area contributed by atoms with Crippen molar-refractivity contribution in [2.75, 3.05) is 13.1 Å². The summed E-state index contributed by atoms with van der Waals surface area (Å²) in [4.78, 5) is 4.11. The fourth-order valence-corrected chi connectivity index (χ4v) is 1.48. The molecule has 1 unspecified atom stereocenters. The molecule has 1 fully saturated rings. The van der Waals surface area contributed by atoms with Gasteiger partial charge in [0, 0.05) is 19.5 Å². The van der Waals surface area contributed by atoms with Gasteiger partial charge in [-0.15, -0.1) is 0 Å². The smallest absolute Gasteiger partial charge is 0.223 e. The Morgan fingerprint density at radius 3 is 3.23 bits per heavy atom. The molecule has 0 aliphatic carbocycles. The van der Waals surface area contributed by atoms with Gasteiger partial charge in [0.2, 0.25) is 5.89 Å². The second-order valence-electron chi connectivity index (χ2n) is 3.30. The molecule has 1 aliphatic rings. The molecule has 1 aliphatic heterocycles. The van der Waals surface area contributed by atoms with Gasteiger partial charge < -0.3 is 15.2 Å². The molecular formula is C8H14N4O. The zero-order valence-electron chi connectivity index (χ0n) is 7.71. The molecule has 72 valence electrons. The third-order valence-corrected chi connectivity index (χ3v) is 2.18. The maximum absolute atomic E-state index is 4.86. The van der Waals surface area contributed by atoms with Crippen LogP contribution >= 0.6 is 0 Å². The summed E-state index contributed by atoms with van der Waals surface area (Å²) in [5.41, 5.74) is 0. The topological polar surface area (TPSA) is 63.0 Å². The lowest BCUT2D eigenvalue weighted by molar-refractivity contribution is 0.383. The molecule has 1 saturated heterocycles. The summed E-state index contributed by atoms with van der Waals surface area (Å²) < 4.78 is 4.86. The van der Waals surface area contributed by atoms with E-state index in [0.717, 1.165) is 18.9 Å². The Morgan fingerprint density at radius 1 is 1.69 bits per heavy atom. The van der Waals surface area contributed by atoms with Gasteiger partial charge in [-0.2, -0.15) is 4.98 Å². The summed E-state index contributed by atoms with van der Waals surface area (Å²) >= 11 is 0. The third kappa shape index (κ3) is 2.26. The number of hydrogen-bond donors (Lipinski definition) is 2. The van der Waals surface area contributed by atoms with Crippen LogP contribution in [0.15, 0.2) is 4.52 Å². The van der Waals surface area contributed by atoms with Crippen LogP contribution in [0.1, 0.15) is 18.1 Å². The van der Waals surface area contributed by atoms with Gasteiger partial charge in [0.1, 0.15) is 0 Å². The first kappa shape index (κ1) is 8.65. The van der Waals surface area contributed by atoms with Crippen LogP contribution in [0, 0.1) is 6.92 Å². The van der Waals surface area contributed by atoms with Gasteiger partial charge in [0.05, 0.1) is 6.54 Å². The molecule has 5 heteroatoms. The van der Waals surface area contributed by atoms with Crippen molar-refractivity contribution in [1.82, 2.24) is 20.8 Å². The molecule has 13 heavy (non-hydrogen) atoms. The first-order chi connectivity index (χ1) is 6.34. The monoisotopic (exact) mass is 182 g/mol. The minimum Gasteiger partial charge on any atom is -0.340 e. The Labute approximate surface area is 76.9 Å². The Kier molecular flexibility index (Phi) is 2.56. The van der Waals surface area contributed by atoms with Crippen molar-refractivity contribution in [3.8, 4) is 0 Å². The van der Waals surface area contributed by atoms with Crippen molar-refractivity contribution in [3.63, 3.8) is 0 Å². The number of nitrogens with one attached hydrogen (secondary N) is 2. The van der Waals surface area contributed by atoms with E-state index >= 15 is 0 Å². The summed E-state index contributed by atoms with van der Waals surface area (Å²) in [6.07, 6.45) is 1.18. The number of aryl methyl sites for hydroxylation is 1. The highest BCUT2D eigenvalue weighted by Crippen LogP contribution is 1.99. The van der Waals surface area contributed by atoms with E-state index in [2.05, 4.69) is 20.8 Å². The SMILES string of the molecule is Cc1nc(CNC2CCNC2)no1. The molecule has 0 aromatic carbocycles. The van der Waals surface area contributed by atoms with E-state index in [9.17, 15) is 0 Å². The number of nitrogens with zero attached hydrogens (tertiary/aromatic N) is 2. The van der Waals surface area contributed by atoms with E-state index in [1.807, 2.05) is 0 Å². The Balaban J connectivity index is 1.78. The third-order valence-electron chi connectivity index (χ3n) is 2.18. The number of rotatable bonds is 3. The molecule has 0 spiro atoms. The zero-order valence-corrected chi connectivity index (χ0v) is 7.71. The Hall–Kier alpha value is -0.940. The second kappa shape index (κ2) is 3.85. The molecule has 2 N–H and O–H groups in total. The first-order valence-electron chi connectivity index (χ1n) is 4.58. The molecule has 2 rings (SSSR count). The minimum absolute atomic E-state index is 0.554. The number of aromatic nitrogens is 2. The van der Waals surface area contributed by atoms with Crippen molar-refractivity contribution in [2.24, 2.45) is 0 Å². The van der Waals surface area contributed by atoms with Crippen molar-refractivity contribution >= 4 is 0 Å². The molecule has 2 heterocycles. The van der Waals surface area contributed by atoms with Gasteiger partial charge in [-0.25, -0.2) is 0 Å². The Morgan fingerprint density at radius 2 is 2.62 bits per heavy atom. The summed E-state index contributed by atoms with van der Waals surface area (Å²) in [5.74, 6) is 1.37. The van der Waals surface area contributed by atoms with E-state index in [1.54, 1.807) is 6.92 Å².